The molecule has 106 valence electrons. The van der Waals surface area contributed by atoms with Gasteiger partial charge in [-0.3, -0.25) is 4.79 Å². The van der Waals surface area contributed by atoms with Crippen molar-refractivity contribution < 1.29 is 4.79 Å². The van der Waals surface area contributed by atoms with Crippen LogP contribution in [0.5, 0.6) is 0 Å². The zero-order valence-electron chi connectivity index (χ0n) is 11.9. The smallest absolute Gasteiger partial charge is 0.244 e. The van der Waals surface area contributed by atoms with Gasteiger partial charge in [0.05, 0.1) is 6.20 Å². The topological polar surface area (TPSA) is 46.9 Å². The van der Waals surface area contributed by atoms with Crippen molar-refractivity contribution in [2.45, 2.75) is 33.7 Å². The summed E-state index contributed by atoms with van der Waals surface area (Å²) in [7, 11) is 0. The zero-order chi connectivity index (χ0) is 14.7. The molecule has 5 heteroatoms. The molecule has 0 radical (unpaired) electrons. The summed E-state index contributed by atoms with van der Waals surface area (Å²) in [6.45, 7) is 6.22. The van der Waals surface area contributed by atoms with Crippen LogP contribution in [-0.4, -0.2) is 15.5 Å². The first-order valence-electron chi connectivity index (χ1n) is 6.59. The van der Waals surface area contributed by atoms with Gasteiger partial charge < -0.3 is 9.88 Å². The summed E-state index contributed by atoms with van der Waals surface area (Å²) in [6.07, 6.45) is 2.60. The van der Waals surface area contributed by atoms with Crippen LogP contribution in [0.15, 0.2) is 29.0 Å². The second-order valence-corrected chi connectivity index (χ2v) is 5.54. The molecule has 0 aliphatic carbocycles. The van der Waals surface area contributed by atoms with Gasteiger partial charge in [-0.2, -0.15) is 0 Å². The van der Waals surface area contributed by atoms with E-state index >= 15 is 0 Å². The molecule has 0 aliphatic rings. The summed E-state index contributed by atoms with van der Waals surface area (Å²) in [5.74, 6) is 0.767. The van der Waals surface area contributed by atoms with Gasteiger partial charge in [-0.15, -0.1) is 0 Å². The molecular formula is C15H18BrN3O. The largest absolute Gasteiger partial charge is 0.324 e. The quantitative estimate of drug-likeness (QED) is 0.929. The van der Waals surface area contributed by atoms with Gasteiger partial charge in [-0.1, -0.05) is 25.1 Å². The van der Waals surface area contributed by atoms with E-state index in [-0.39, 0.29) is 12.5 Å². The number of anilines is 1. The van der Waals surface area contributed by atoms with E-state index < -0.39 is 0 Å². The Morgan fingerprint density at radius 3 is 2.75 bits per heavy atom. The van der Waals surface area contributed by atoms with Gasteiger partial charge in [0, 0.05) is 5.69 Å². The molecule has 0 bridgehead atoms. The molecule has 1 heterocycles. The van der Waals surface area contributed by atoms with Gasteiger partial charge >= 0.3 is 0 Å². The minimum absolute atomic E-state index is 0.0456. The molecule has 0 aliphatic heterocycles. The van der Waals surface area contributed by atoms with Gasteiger partial charge in [0.25, 0.3) is 0 Å². The lowest BCUT2D eigenvalue weighted by molar-refractivity contribution is -0.116. The molecule has 0 unspecified atom stereocenters. The molecule has 0 saturated carbocycles. The van der Waals surface area contributed by atoms with Crippen LogP contribution in [0.2, 0.25) is 0 Å². The standard InChI is InChI=1S/C15H18BrN3O/c1-4-12-7-5-6-10(2)15(12)18-14(20)9-19-11(3)17-8-13(19)16/h5-8H,4,9H2,1-3H3,(H,18,20). The predicted octanol–water partition coefficient (Wildman–Crippen LogP) is 3.46. The summed E-state index contributed by atoms with van der Waals surface area (Å²) < 4.78 is 2.64. The number of carbonyl (C=O) groups is 1. The number of nitrogens with zero attached hydrogens (tertiary/aromatic N) is 2. The third kappa shape index (κ3) is 3.10. The monoisotopic (exact) mass is 335 g/mol. The highest BCUT2D eigenvalue weighted by molar-refractivity contribution is 9.10. The number of benzene rings is 1. The number of rotatable bonds is 4. The molecule has 1 aromatic heterocycles. The van der Waals surface area contributed by atoms with Crippen molar-refractivity contribution in [2.24, 2.45) is 0 Å². The summed E-state index contributed by atoms with van der Waals surface area (Å²) >= 11 is 3.39. The number of halogens is 1. The van der Waals surface area contributed by atoms with Crippen LogP contribution in [0, 0.1) is 13.8 Å². The van der Waals surface area contributed by atoms with Gasteiger partial charge in [0.15, 0.2) is 0 Å². The number of para-hydroxylation sites is 1. The summed E-state index contributed by atoms with van der Waals surface area (Å²) in [5.41, 5.74) is 3.16. The van der Waals surface area contributed by atoms with Crippen LogP contribution in [0.3, 0.4) is 0 Å². The number of carbonyl (C=O) groups excluding carboxylic acids is 1. The molecule has 1 aromatic carbocycles. The molecule has 20 heavy (non-hydrogen) atoms. The van der Waals surface area contributed by atoms with Crippen molar-refractivity contribution in [1.29, 1.82) is 0 Å². The van der Waals surface area contributed by atoms with E-state index in [0.717, 1.165) is 33.7 Å². The summed E-state index contributed by atoms with van der Waals surface area (Å²) in [6, 6.07) is 6.06. The van der Waals surface area contributed by atoms with E-state index in [1.807, 2.05) is 36.6 Å². The Balaban J connectivity index is 2.17. The zero-order valence-corrected chi connectivity index (χ0v) is 13.5. The normalized spacial score (nSPS) is 10.6. The van der Waals surface area contributed by atoms with Crippen LogP contribution in [0.25, 0.3) is 0 Å². The van der Waals surface area contributed by atoms with Crippen molar-refractivity contribution in [1.82, 2.24) is 9.55 Å². The van der Waals surface area contributed by atoms with E-state index in [9.17, 15) is 4.79 Å². The second kappa shape index (κ2) is 6.22. The third-order valence-electron chi connectivity index (χ3n) is 3.31. The number of hydrogen-bond acceptors (Lipinski definition) is 2. The molecule has 0 saturated heterocycles. The lowest BCUT2D eigenvalue weighted by atomic mass is 10.1. The Labute approximate surface area is 127 Å². The van der Waals surface area contributed by atoms with Crippen molar-refractivity contribution >= 4 is 27.5 Å². The summed E-state index contributed by atoms with van der Waals surface area (Å²) in [4.78, 5) is 16.4. The average Bonchev–Trinajstić information content (AvgIpc) is 2.73. The average molecular weight is 336 g/mol. The lowest BCUT2D eigenvalue weighted by Crippen LogP contribution is -2.21. The van der Waals surface area contributed by atoms with E-state index in [2.05, 4.69) is 33.2 Å². The second-order valence-electron chi connectivity index (χ2n) is 4.73. The maximum Gasteiger partial charge on any atom is 0.244 e. The molecular weight excluding hydrogens is 318 g/mol. The lowest BCUT2D eigenvalue weighted by Gasteiger charge is -2.14. The number of aromatic nitrogens is 2. The molecule has 1 N–H and O–H groups in total. The fourth-order valence-electron chi connectivity index (χ4n) is 2.16. The van der Waals surface area contributed by atoms with E-state index in [4.69, 9.17) is 0 Å². The number of amides is 1. The summed E-state index contributed by atoms with van der Waals surface area (Å²) in [5, 5.41) is 3.01. The Kier molecular flexibility index (Phi) is 4.60. The first-order valence-corrected chi connectivity index (χ1v) is 7.38. The maximum absolute atomic E-state index is 12.2. The Bertz CT molecular complexity index is 615. The minimum Gasteiger partial charge on any atom is -0.324 e. The molecule has 0 fully saturated rings. The first-order chi connectivity index (χ1) is 9.52. The van der Waals surface area contributed by atoms with Crippen LogP contribution in [0.4, 0.5) is 5.69 Å². The molecule has 0 spiro atoms. The number of hydrogen-bond donors (Lipinski definition) is 1. The fourth-order valence-corrected chi connectivity index (χ4v) is 2.64. The fraction of sp³-hybridized carbons (Fsp3) is 0.333. The molecule has 2 rings (SSSR count). The molecule has 2 aromatic rings. The first kappa shape index (κ1) is 14.8. The maximum atomic E-state index is 12.2. The van der Waals surface area contributed by atoms with Crippen LogP contribution >= 0.6 is 15.9 Å². The number of aryl methyl sites for hydroxylation is 3. The van der Waals surface area contributed by atoms with E-state index in [0.29, 0.717) is 0 Å². The third-order valence-corrected chi connectivity index (χ3v) is 3.95. The highest BCUT2D eigenvalue weighted by Gasteiger charge is 2.12. The van der Waals surface area contributed by atoms with E-state index in [1.165, 1.54) is 0 Å². The highest BCUT2D eigenvalue weighted by atomic mass is 79.9. The Morgan fingerprint density at radius 2 is 2.15 bits per heavy atom. The van der Waals surface area contributed by atoms with Crippen molar-refractivity contribution in [3.8, 4) is 0 Å². The van der Waals surface area contributed by atoms with Crippen molar-refractivity contribution in [3.63, 3.8) is 0 Å². The van der Waals surface area contributed by atoms with Crippen molar-refractivity contribution in [3.05, 3.63) is 46.0 Å². The molecule has 0 atom stereocenters. The van der Waals surface area contributed by atoms with E-state index in [1.54, 1.807) is 6.20 Å². The van der Waals surface area contributed by atoms with Crippen LogP contribution in [-0.2, 0) is 17.8 Å². The Morgan fingerprint density at radius 1 is 1.40 bits per heavy atom. The van der Waals surface area contributed by atoms with Crippen LogP contribution < -0.4 is 5.32 Å². The predicted molar refractivity (Wildman–Crippen MR) is 83.9 cm³/mol. The number of imidazole rings is 1. The number of nitrogens with one attached hydrogen (secondary N) is 1. The van der Waals surface area contributed by atoms with Crippen molar-refractivity contribution in [2.75, 3.05) is 5.32 Å². The highest BCUT2D eigenvalue weighted by Crippen LogP contribution is 2.21. The SMILES string of the molecule is CCc1cccc(C)c1NC(=O)Cn1c(Br)cnc1C. The molecule has 1 amide bonds. The van der Waals surface area contributed by atoms with Gasteiger partial charge in [0.2, 0.25) is 5.91 Å². The molecule has 4 nitrogen and oxygen atoms in total. The van der Waals surface area contributed by atoms with Crippen LogP contribution in [0.1, 0.15) is 23.9 Å². The van der Waals surface area contributed by atoms with Gasteiger partial charge in [-0.05, 0) is 47.3 Å². The van der Waals surface area contributed by atoms with Gasteiger partial charge in [-0.25, -0.2) is 4.98 Å². The minimum atomic E-state index is -0.0456. The Hall–Kier alpha value is -1.62. The van der Waals surface area contributed by atoms with Gasteiger partial charge in [0.1, 0.15) is 17.0 Å².